The molecule has 0 aliphatic heterocycles. The molecule has 1 fully saturated rings. The van der Waals surface area contributed by atoms with Crippen LogP contribution in [-0.4, -0.2) is 30.9 Å². The minimum absolute atomic E-state index is 0.175. The second-order valence-corrected chi connectivity index (χ2v) is 6.14. The molecular formula is C18H28N2O. The summed E-state index contributed by atoms with van der Waals surface area (Å²) in [4.78, 5) is 14.7. The van der Waals surface area contributed by atoms with Crippen LogP contribution in [0.3, 0.4) is 0 Å². The van der Waals surface area contributed by atoms with E-state index in [4.69, 9.17) is 0 Å². The summed E-state index contributed by atoms with van der Waals surface area (Å²) in [6.45, 7) is 3.99. The quantitative estimate of drug-likeness (QED) is 0.744. The van der Waals surface area contributed by atoms with Gasteiger partial charge in [0.25, 0.3) is 0 Å². The molecular weight excluding hydrogens is 260 g/mol. The Morgan fingerprint density at radius 2 is 2.05 bits per heavy atom. The second kappa shape index (κ2) is 8.18. The van der Waals surface area contributed by atoms with Crippen molar-refractivity contribution < 1.29 is 4.79 Å². The molecule has 3 heteroatoms. The van der Waals surface area contributed by atoms with E-state index in [2.05, 4.69) is 41.4 Å². The summed E-state index contributed by atoms with van der Waals surface area (Å²) < 4.78 is 0. The van der Waals surface area contributed by atoms with Gasteiger partial charge in [0.2, 0.25) is 5.91 Å². The molecule has 0 saturated heterocycles. The number of carbonyl (C=O) groups excluding carboxylic acids is 1. The van der Waals surface area contributed by atoms with Crippen LogP contribution in [0.2, 0.25) is 0 Å². The van der Waals surface area contributed by atoms with Crippen LogP contribution < -0.4 is 5.32 Å². The van der Waals surface area contributed by atoms with E-state index < -0.39 is 0 Å². The number of hydrogen-bond acceptors (Lipinski definition) is 2. The maximum atomic E-state index is 12.6. The average Bonchev–Trinajstić information content (AvgIpc) is 2.46. The molecule has 0 spiro atoms. The minimum Gasteiger partial charge on any atom is -0.336 e. The average molecular weight is 288 g/mol. The highest BCUT2D eigenvalue weighted by atomic mass is 16.2. The third-order valence-electron chi connectivity index (χ3n) is 4.57. The number of hydrogen-bond donors (Lipinski definition) is 1. The molecule has 1 amide bonds. The fourth-order valence-corrected chi connectivity index (χ4v) is 2.90. The topological polar surface area (TPSA) is 32.3 Å². The fraction of sp³-hybridized carbons (Fsp3) is 0.611. The predicted octanol–water partition coefficient (Wildman–Crippen LogP) is 3.38. The van der Waals surface area contributed by atoms with Crippen LogP contribution in [0.4, 0.5) is 0 Å². The molecule has 1 atom stereocenters. The first kappa shape index (κ1) is 16.0. The maximum absolute atomic E-state index is 12.6. The van der Waals surface area contributed by atoms with E-state index >= 15 is 0 Å². The van der Waals surface area contributed by atoms with Crippen LogP contribution in [0, 0.1) is 5.92 Å². The molecule has 1 aliphatic carbocycles. The van der Waals surface area contributed by atoms with Crippen molar-refractivity contribution in [2.45, 2.75) is 45.1 Å². The van der Waals surface area contributed by atoms with Crippen molar-refractivity contribution in [1.29, 1.82) is 0 Å². The van der Waals surface area contributed by atoms with Gasteiger partial charge in [0.1, 0.15) is 0 Å². The normalized spacial score (nSPS) is 16.3. The first-order chi connectivity index (χ1) is 10.2. The molecule has 1 aromatic carbocycles. The van der Waals surface area contributed by atoms with Gasteiger partial charge in [-0.1, -0.05) is 36.8 Å². The van der Waals surface area contributed by atoms with Gasteiger partial charge in [-0.3, -0.25) is 4.79 Å². The van der Waals surface area contributed by atoms with Crippen molar-refractivity contribution >= 4 is 5.91 Å². The Morgan fingerprint density at radius 1 is 1.33 bits per heavy atom. The summed E-state index contributed by atoms with van der Waals surface area (Å²) in [6, 6.07) is 10.6. The lowest BCUT2D eigenvalue weighted by molar-refractivity contribution is -0.134. The van der Waals surface area contributed by atoms with Gasteiger partial charge in [0.15, 0.2) is 0 Å². The van der Waals surface area contributed by atoms with Crippen molar-refractivity contribution in [3.8, 4) is 0 Å². The first-order valence-corrected chi connectivity index (χ1v) is 8.21. The molecule has 2 rings (SSSR count). The summed E-state index contributed by atoms with van der Waals surface area (Å²) in [7, 11) is 1.93. The molecule has 1 saturated carbocycles. The standard InChI is InChI=1S/C18H28N2O/c1-15(17-10-4-3-5-11-17)20(14-16-8-6-9-16)18(21)12-7-13-19-2/h3-5,10-11,15-16,19H,6-9,12-14H2,1-2H3. The van der Waals surface area contributed by atoms with Gasteiger partial charge in [0, 0.05) is 13.0 Å². The minimum atomic E-state index is 0.175. The lowest BCUT2D eigenvalue weighted by Gasteiger charge is -2.36. The first-order valence-electron chi connectivity index (χ1n) is 8.21. The molecule has 21 heavy (non-hydrogen) atoms. The number of nitrogens with one attached hydrogen (secondary N) is 1. The van der Waals surface area contributed by atoms with E-state index in [0.29, 0.717) is 18.2 Å². The number of amides is 1. The van der Waals surface area contributed by atoms with Gasteiger partial charge >= 0.3 is 0 Å². The van der Waals surface area contributed by atoms with Gasteiger partial charge in [-0.05, 0) is 51.3 Å². The highest BCUT2D eigenvalue weighted by Gasteiger charge is 2.27. The van der Waals surface area contributed by atoms with E-state index in [-0.39, 0.29) is 6.04 Å². The van der Waals surface area contributed by atoms with E-state index in [1.54, 1.807) is 0 Å². The molecule has 1 N–H and O–H groups in total. The number of carbonyl (C=O) groups is 1. The monoisotopic (exact) mass is 288 g/mol. The number of nitrogens with zero attached hydrogens (tertiary/aromatic N) is 1. The number of rotatable bonds is 8. The third kappa shape index (κ3) is 4.57. The zero-order valence-electron chi connectivity index (χ0n) is 13.3. The zero-order valence-corrected chi connectivity index (χ0v) is 13.3. The summed E-state index contributed by atoms with van der Waals surface area (Å²) in [6.07, 6.45) is 5.44. The van der Waals surface area contributed by atoms with E-state index in [9.17, 15) is 4.79 Å². The van der Waals surface area contributed by atoms with Crippen LogP contribution in [0.1, 0.15) is 50.6 Å². The lowest BCUT2D eigenvalue weighted by Crippen LogP contribution is -2.39. The summed E-state index contributed by atoms with van der Waals surface area (Å²) in [5, 5.41) is 3.12. The van der Waals surface area contributed by atoms with Crippen LogP contribution in [0.15, 0.2) is 30.3 Å². The molecule has 1 aromatic rings. The second-order valence-electron chi connectivity index (χ2n) is 6.14. The molecule has 0 aromatic heterocycles. The fourth-order valence-electron chi connectivity index (χ4n) is 2.90. The molecule has 116 valence electrons. The van der Waals surface area contributed by atoms with Gasteiger partial charge in [-0.15, -0.1) is 0 Å². The Morgan fingerprint density at radius 3 is 2.62 bits per heavy atom. The Bertz CT molecular complexity index is 428. The van der Waals surface area contributed by atoms with Gasteiger partial charge in [-0.2, -0.15) is 0 Å². The van der Waals surface area contributed by atoms with Crippen molar-refractivity contribution in [3.05, 3.63) is 35.9 Å². The van der Waals surface area contributed by atoms with Gasteiger partial charge < -0.3 is 10.2 Å². The molecule has 0 bridgehead atoms. The third-order valence-corrected chi connectivity index (χ3v) is 4.57. The maximum Gasteiger partial charge on any atom is 0.223 e. The van der Waals surface area contributed by atoms with Crippen LogP contribution >= 0.6 is 0 Å². The van der Waals surface area contributed by atoms with Gasteiger partial charge in [0.05, 0.1) is 6.04 Å². The largest absolute Gasteiger partial charge is 0.336 e. The van der Waals surface area contributed by atoms with Crippen LogP contribution in [-0.2, 0) is 4.79 Å². The summed E-state index contributed by atoms with van der Waals surface area (Å²) >= 11 is 0. The molecule has 0 radical (unpaired) electrons. The Balaban J connectivity index is 2.01. The molecule has 3 nitrogen and oxygen atoms in total. The van der Waals surface area contributed by atoms with Crippen molar-refractivity contribution in [2.75, 3.05) is 20.1 Å². The summed E-state index contributed by atoms with van der Waals surface area (Å²) in [5.41, 5.74) is 1.23. The molecule has 0 heterocycles. The van der Waals surface area contributed by atoms with E-state index in [1.165, 1.54) is 24.8 Å². The van der Waals surface area contributed by atoms with Crippen LogP contribution in [0.25, 0.3) is 0 Å². The highest BCUT2D eigenvalue weighted by molar-refractivity contribution is 5.76. The van der Waals surface area contributed by atoms with Crippen molar-refractivity contribution in [2.24, 2.45) is 5.92 Å². The van der Waals surface area contributed by atoms with Crippen molar-refractivity contribution in [3.63, 3.8) is 0 Å². The zero-order chi connectivity index (χ0) is 15.1. The SMILES string of the molecule is CNCCCC(=O)N(CC1CCC1)C(C)c1ccccc1. The van der Waals surface area contributed by atoms with Crippen molar-refractivity contribution in [1.82, 2.24) is 10.2 Å². The van der Waals surface area contributed by atoms with Crippen LogP contribution in [0.5, 0.6) is 0 Å². The Labute approximate surface area is 128 Å². The Hall–Kier alpha value is -1.35. The van der Waals surface area contributed by atoms with E-state index in [1.807, 2.05) is 13.1 Å². The lowest BCUT2D eigenvalue weighted by atomic mass is 9.84. The van der Waals surface area contributed by atoms with Gasteiger partial charge in [-0.25, -0.2) is 0 Å². The number of benzene rings is 1. The molecule has 1 aliphatic rings. The van der Waals surface area contributed by atoms with E-state index in [0.717, 1.165) is 19.5 Å². The predicted molar refractivity (Wildman–Crippen MR) is 87.1 cm³/mol. The highest BCUT2D eigenvalue weighted by Crippen LogP contribution is 2.31. The summed E-state index contributed by atoms with van der Waals surface area (Å²) in [5.74, 6) is 1.01. The smallest absolute Gasteiger partial charge is 0.223 e. The Kier molecular flexibility index (Phi) is 6.24. The molecule has 1 unspecified atom stereocenters.